The predicted molar refractivity (Wildman–Crippen MR) is 115 cm³/mol. The van der Waals surface area contributed by atoms with Gasteiger partial charge in [-0.15, -0.1) is 0 Å². The molecule has 2 aromatic carbocycles. The third-order valence-corrected chi connectivity index (χ3v) is 7.42. The van der Waals surface area contributed by atoms with Crippen molar-refractivity contribution in [2.24, 2.45) is 11.0 Å². The van der Waals surface area contributed by atoms with Gasteiger partial charge in [0.25, 0.3) is 0 Å². The number of halogens is 2. The molecule has 0 unspecified atom stereocenters. The maximum Gasteiger partial charge on any atom is 0.243 e. The van der Waals surface area contributed by atoms with E-state index in [4.69, 9.17) is 23.2 Å². The number of carbonyl (C=O) groups excluding carboxylic acids is 1. The lowest BCUT2D eigenvalue weighted by Crippen LogP contribution is -2.42. The van der Waals surface area contributed by atoms with Crippen LogP contribution in [0.15, 0.2) is 52.5 Å². The van der Waals surface area contributed by atoms with Crippen LogP contribution in [-0.2, 0) is 14.8 Å². The summed E-state index contributed by atoms with van der Waals surface area (Å²) in [6.45, 7) is 2.48. The third kappa shape index (κ3) is 5.17. The Morgan fingerprint density at radius 1 is 1.10 bits per heavy atom. The van der Waals surface area contributed by atoms with E-state index >= 15 is 0 Å². The fraction of sp³-hybridized carbons (Fsp3) is 0.300. The lowest BCUT2D eigenvalue weighted by molar-refractivity contribution is -0.126. The molecule has 0 saturated carbocycles. The van der Waals surface area contributed by atoms with Gasteiger partial charge in [0, 0.05) is 24.6 Å². The maximum absolute atomic E-state index is 12.7. The van der Waals surface area contributed by atoms with Crippen molar-refractivity contribution in [2.45, 2.75) is 24.7 Å². The monoisotopic (exact) mass is 453 g/mol. The number of benzene rings is 2. The first kappa shape index (κ1) is 21.8. The van der Waals surface area contributed by atoms with Crippen molar-refractivity contribution in [1.82, 2.24) is 9.73 Å². The molecule has 1 heterocycles. The quantitative estimate of drug-likeness (QED) is 0.551. The van der Waals surface area contributed by atoms with Gasteiger partial charge in [0.1, 0.15) is 0 Å². The van der Waals surface area contributed by atoms with E-state index in [1.54, 1.807) is 42.5 Å². The fourth-order valence-electron chi connectivity index (χ4n) is 3.10. The van der Waals surface area contributed by atoms with Crippen molar-refractivity contribution in [1.29, 1.82) is 0 Å². The van der Waals surface area contributed by atoms with Crippen LogP contribution in [0.3, 0.4) is 0 Å². The van der Waals surface area contributed by atoms with Gasteiger partial charge in [-0.1, -0.05) is 47.0 Å². The van der Waals surface area contributed by atoms with Crippen molar-refractivity contribution in [3.05, 3.63) is 63.6 Å². The molecule has 9 heteroatoms. The van der Waals surface area contributed by atoms with Crippen LogP contribution in [0.2, 0.25) is 10.0 Å². The Morgan fingerprint density at radius 2 is 1.69 bits per heavy atom. The predicted octanol–water partition coefficient (Wildman–Crippen LogP) is 3.85. The minimum absolute atomic E-state index is 0.253. The molecule has 154 valence electrons. The molecule has 0 aliphatic carbocycles. The van der Waals surface area contributed by atoms with Crippen LogP contribution in [0.4, 0.5) is 0 Å². The van der Waals surface area contributed by atoms with Crippen LogP contribution in [0.5, 0.6) is 0 Å². The zero-order valence-electron chi connectivity index (χ0n) is 15.8. The highest BCUT2D eigenvalue weighted by Gasteiger charge is 2.32. The zero-order chi connectivity index (χ0) is 21.0. The summed E-state index contributed by atoms with van der Waals surface area (Å²) in [5.41, 5.74) is 4.01. The fourth-order valence-corrected chi connectivity index (χ4v) is 5.07. The maximum atomic E-state index is 12.7. The van der Waals surface area contributed by atoms with Crippen LogP contribution in [0, 0.1) is 12.8 Å². The number of hydrogen-bond donors (Lipinski definition) is 1. The van der Waals surface area contributed by atoms with Crippen molar-refractivity contribution in [2.75, 3.05) is 13.1 Å². The summed E-state index contributed by atoms with van der Waals surface area (Å²) in [5.74, 6) is -0.560. The first-order chi connectivity index (χ1) is 13.8. The molecule has 29 heavy (non-hydrogen) atoms. The summed E-state index contributed by atoms with van der Waals surface area (Å²) in [5, 5.41) is 4.81. The highest BCUT2D eigenvalue weighted by Crippen LogP contribution is 2.25. The van der Waals surface area contributed by atoms with E-state index in [1.165, 1.54) is 10.5 Å². The van der Waals surface area contributed by atoms with Crippen LogP contribution >= 0.6 is 23.2 Å². The molecule has 1 aliphatic heterocycles. The number of hydrogen-bond acceptors (Lipinski definition) is 4. The summed E-state index contributed by atoms with van der Waals surface area (Å²) < 4.78 is 26.9. The van der Waals surface area contributed by atoms with Gasteiger partial charge in [-0.2, -0.15) is 9.41 Å². The van der Waals surface area contributed by atoms with Crippen molar-refractivity contribution < 1.29 is 13.2 Å². The number of amides is 1. The van der Waals surface area contributed by atoms with E-state index in [0.29, 0.717) is 28.5 Å². The Balaban J connectivity index is 1.57. The number of nitrogens with zero attached hydrogens (tertiary/aromatic N) is 2. The second kappa shape index (κ2) is 9.26. The minimum atomic E-state index is -3.55. The molecular formula is C20H21Cl2N3O3S. The topological polar surface area (TPSA) is 78.8 Å². The number of sulfonamides is 1. The van der Waals surface area contributed by atoms with E-state index < -0.39 is 10.0 Å². The number of piperidine rings is 1. The molecule has 1 amide bonds. The number of nitrogens with one attached hydrogen (secondary N) is 1. The first-order valence-electron chi connectivity index (χ1n) is 9.13. The summed E-state index contributed by atoms with van der Waals surface area (Å²) in [4.78, 5) is 12.6. The summed E-state index contributed by atoms with van der Waals surface area (Å²) >= 11 is 12.1. The summed E-state index contributed by atoms with van der Waals surface area (Å²) in [6, 6.07) is 11.9. The van der Waals surface area contributed by atoms with Crippen molar-refractivity contribution in [3.8, 4) is 0 Å². The Bertz CT molecular complexity index is 996. The highest BCUT2D eigenvalue weighted by molar-refractivity contribution is 7.89. The molecule has 2 aromatic rings. The van der Waals surface area contributed by atoms with E-state index in [1.807, 2.05) is 6.92 Å². The third-order valence-electron chi connectivity index (χ3n) is 4.85. The van der Waals surface area contributed by atoms with Gasteiger partial charge in [0.05, 0.1) is 21.2 Å². The van der Waals surface area contributed by atoms with E-state index in [2.05, 4.69) is 10.5 Å². The molecule has 6 nitrogen and oxygen atoms in total. The average Bonchev–Trinajstić information content (AvgIpc) is 2.70. The SMILES string of the molecule is Cc1ccc(S(=O)(=O)N2CCC(C(=O)NN=Cc3c(Cl)cccc3Cl)CC2)cc1. The van der Waals surface area contributed by atoms with E-state index in [-0.39, 0.29) is 29.8 Å². The van der Waals surface area contributed by atoms with Gasteiger partial charge < -0.3 is 0 Å². The van der Waals surface area contributed by atoms with Gasteiger partial charge in [0.2, 0.25) is 15.9 Å². The molecule has 0 radical (unpaired) electrons. The Kier molecular flexibility index (Phi) is 6.95. The van der Waals surface area contributed by atoms with Crippen LogP contribution in [0.1, 0.15) is 24.0 Å². The molecule has 0 aromatic heterocycles. The van der Waals surface area contributed by atoms with Crippen molar-refractivity contribution >= 4 is 45.3 Å². The van der Waals surface area contributed by atoms with E-state index in [9.17, 15) is 13.2 Å². The van der Waals surface area contributed by atoms with Crippen molar-refractivity contribution in [3.63, 3.8) is 0 Å². The molecule has 0 bridgehead atoms. The Morgan fingerprint density at radius 3 is 2.28 bits per heavy atom. The molecule has 1 fully saturated rings. The lowest BCUT2D eigenvalue weighted by atomic mass is 9.98. The van der Waals surface area contributed by atoms with Crippen LogP contribution < -0.4 is 5.43 Å². The molecule has 0 spiro atoms. The second-order valence-corrected chi connectivity index (χ2v) is 9.61. The number of hydrazone groups is 1. The second-order valence-electron chi connectivity index (χ2n) is 6.86. The van der Waals surface area contributed by atoms with Gasteiger partial charge in [-0.25, -0.2) is 13.8 Å². The van der Waals surface area contributed by atoms with Gasteiger partial charge >= 0.3 is 0 Å². The molecule has 1 N–H and O–H groups in total. The largest absolute Gasteiger partial charge is 0.273 e. The average molecular weight is 454 g/mol. The minimum Gasteiger partial charge on any atom is -0.273 e. The van der Waals surface area contributed by atoms with E-state index in [0.717, 1.165) is 5.56 Å². The van der Waals surface area contributed by atoms with Gasteiger partial charge in [-0.05, 0) is 44.0 Å². The standard InChI is InChI=1S/C20H21Cl2N3O3S/c1-14-5-7-16(8-6-14)29(27,28)25-11-9-15(10-12-25)20(26)24-23-13-17-18(21)3-2-4-19(17)22/h2-8,13,15H,9-12H2,1H3,(H,24,26). The molecule has 0 atom stereocenters. The number of carbonyl (C=O) groups is 1. The smallest absolute Gasteiger partial charge is 0.243 e. The summed E-state index contributed by atoms with van der Waals surface area (Å²) in [6.07, 6.45) is 2.26. The molecule has 1 saturated heterocycles. The van der Waals surface area contributed by atoms with Gasteiger partial charge in [-0.3, -0.25) is 4.79 Å². The van der Waals surface area contributed by atoms with Gasteiger partial charge in [0.15, 0.2) is 0 Å². The Labute approximate surface area is 180 Å². The highest BCUT2D eigenvalue weighted by atomic mass is 35.5. The number of aryl methyl sites for hydroxylation is 1. The van der Waals surface area contributed by atoms with Crippen LogP contribution in [0.25, 0.3) is 0 Å². The molecule has 1 aliphatic rings. The number of rotatable bonds is 5. The lowest BCUT2D eigenvalue weighted by Gasteiger charge is -2.30. The normalized spacial score (nSPS) is 16.2. The molecule has 3 rings (SSSR count). The molecular weight excluding hydrogens is 433 g/mol. The zero-order valence-corrected chi connectivity index (χ0v) is 18.1. The summed E-state index contributed by atoms with van der Waals surface area (Å²) in [7, 11) is -3.55. The first-order valence-corrected chi connectivity index (χ1v) is 11.3. The Hall–Kier alpha value is -1.93. The van der Waals surface area contributed by atoms with Crippen LogP contribution in [-0.4, -0.2) is 37.9 Å².